The van der Waals surface area contributed by atoms with Gasteiger partial charge in [0.25, 0.3) is 0 Å². The van der Waals surface area contributed by atoms with Crippen LogP contribution in [-0.2, 0) is 14.3 Å². The monoisotopic (exact) mass is 420 g/mol. The number of carbonyl (C=O) groups excluding carboxylic acids is 2. The third-order valence-electron chi connectivity index (χ3n) is 7.05. The fraction of sp³-hybridized carbons (Fsp3) is 0.458. The second-order valence-corrected chi connectivity index (χ2v) is 9.81. The van der Waals surface area contributed by atoms with Crippen molar-refractivity contribution in [2.24, 2.45) is 11.8 Å². The van der Waals surface area contributed by atoms with Crippen LogP contribution in [0.5, 0.6) is 0 Å². The van der Waals surface area contributed by atoms with E-state index in [1.54, 1.807) is 0 Å². The summed E-state index contributed by atoms with van der Waals surface area (Å²) in [6.45, 7) is 6.31. The topological polar surface area (TPSA) is 70.4 Å². The number of rotatable bonds is 4. The molecule has 0 spiro atoms. The quantitative estimate of drug-likeness (QED) is 0.668. The fourth-order valence-corrected chi connectivity index (χ4v) is 6.40. The van der Waals surface area contributed by atoms with E-state index in [1.807, 2.05) is 19.1 Å². The van der Waals surface area contributed by atoms with Crippen LogP contribution in [0.2, 0.25) is 0 Å². The van der Waals surface area contributed by atoms with Gasteiger partial charge in [-0.3, -0.25) is 9.59 Å². The summed E-state index contributed by atoms with van der Waals surface area (Å²) in [6, 6.07) is 10.6. The third kappa shape index (κ3) is 2.62. The van der Waals surface area contributed by atoms with Gasteiger partial charge >= 0.3 is 0 Å². The molecule has 2 bridgehead atoms. The summed E-state index contributed by atoms with van der Waals surface area (Å²) in [4.78, 5) is 28.6. The predicted molar refractivity (Wildman–Crippen MR) is 115 cm³/mol. The summed E-state index contributed by atoms with van der Waals surface area (Å²) in [7, 11) is 0. The van der Waals surface area contributed by atoms with E-state index in [2.05, 4.69) is 32.0 Å². The number of thiophene rings is 1. The highest BCUT2D eigenvalue weighted by molar-refractivity contribution is 7.17. The number of carbonyl (C=O) groups is 2. The van der Waals surface area contributed by atoms with Crippen LogP contribution in [0.25, 0.3) is 11.1 Å². The largest absolute Gasteiger partial charge is 0.373 e. The van der Waals surface area contributed by atoms with Gasteiger partial charge < -0.3 is 4.74 Å². The van der Waals surface area contributed by atoms with E-state index in [-0.39, 0.29) is 35.9 Å². The SMILES string of the molecule is CC[C@H](C)c1ccc(-c2c(C)sc(N3C(=O)[C@@H]4[C@@H](C3=O)[C@H]3CC[C@@H]4O3)c2C#N)cc1. The second-order valence-electron chi connectivity index (χ2n) is 8.61. The van der Waals surface area contributed by atoms with Crippen molar-refractivity contribution in [1.82, 2.24) is 0 Å². The van der Waals surface area contributed by atoms with Gasteiger partial charge in [-0.05, 0) is 43.2 Å². The molecule has 5 rings (SSSR count). The summed E-state index contributed by atoms with van der Waals surface area (Å²) in [5, 5.41) is 10.5. The maximum atomic E-state index is 13.2. The number of ether oxygens (including phenoxy) is 1. The predicted octanol–water partition coefficient (Wildman–Crippen LogP) is 4.78. The molecule has 0 aliphatic carbocycles. The van der Waals surface area contributed by atoms with E-state index in [1.165, 1.54) is 21.8 Å². The molecule has 5 atom stereocenters. The average molecular weight is 421 g/mol. The molecule has 0 radical (unpaired) electrons. The normalized spacial score (nSPS) is 28.1. The maximum absolute atomic E-state index is 13.2. The second kappa shape index (κ2) is 7.04. The average Bonchev–Trinajstić information content (AvgIpc) is 3.50. The zero-order chi connectivity index (χ0) is 21.2. The summed E-state index contributed by atoms with van der Waals surface area (Å²) in [5.74, 6) is -0.695. The molecule has 2 amide bonds. The van der Waals surface area contributed by atoms with Crippen molar-refractivity contribution >= 4 is 28.2 Å². The van der Waals surface area contributed by atoms with Crippen molar-refractivity contribution in [2.75, 3.05) is 4.90 Å². The number of nitrogens with zero attached hydrogens (tertiary/aromatic N) is 2. The first-order valence-corrected chi connectivity index (χ1v) is 11.4. The van der Waals surface area contributed by atoms with Crippen LogP contribution in [0, 0.1) is 30.1 Å². The highest BCUT2D eigenvalue weighted by Crippen LogP contribution is 2.52. The molecule has 4 heterocycles. The van der Waals surface area contributed by atoms with Gasteiger partial charge in [-0.25, -0.2) is 4.90 Å². The fourth-order valence-electron chi connectivity index (χ4n) is 5.27. The molecular weight excluding hydrogens is 396 g/mol. The molecular formula is C24H24N2O3S. The van der Waals surface area contributed by atoms with Crippen molar-refractivity contribution in [3.05, 3.63) is 40.3 Å². The van der Waals surface area contributed by atoms with Crippen molar-refractivity contribution in [2.45, 2.75) is 58.2 Å². The van der Waals surface area contributed by atoms with Crippen molar-refractivity contribution in [3.8, 4) is 17.2 Å². The molecule has 3 aliphatic rings. The van der Waals surface area contributed by atoms with Crippen LogP contribution < -0.4 is 4.90 Å². The molecule has 3 saturated heterocycles. The van der Waals surface area contributed by atoms with E-state index >= 15 is 0 Å². The molecule has 1 aromatic carbocycles. The molecule has 1 aromatic heterocycles. The van der Waals surface area contributed by atoms with Gasteiger partial charge in [0.15, 0.2) is 0 Å². The Labute approximate surface area is 180 Å². The first kappa shape index (κ1) is 19.5. The Bertz CT molecular complexity index is 1050. The number of anilines is 1. The lowest BCUT2D eigenvalue weighted by Gasteiger charge is -2.16. The molecule has 0 unspecified atom stereocenters. The summed E-state index contributed by atoms with van der Waals surface area (Å²) >= 11 is 1.36. The Kier molecular flexibility index (Phi) is 4.57. The molecule has 5 nitrogen and oxygen atoms in total. The molecule has 3 aliphatic heterocycles. The van der Waals surface area contributed by atoms with Crippen LogP contribution in [0.1, 0.15) is 55.0 Å². The zero-order valence-electron chi connectivity index (χ0n) is 17.3. The minimum Gasteiger partial charge on any atom is -0.373 e. The molecule has 0 saturated carbocycles. The highest BCUT2D eigenvalue weighted by Gasteiger charge is 2.63. The smallest absolute Gasteiger partial charge is 0.241 e. The standard InChI is InChI=1S/C24H24N2O3S/c1-4-12(2)14-5-7-15(8-6-14)19-13(3)30-24(16(19)11-25)26-22(27)20-17-9-10-18(29-17)21(20)23(26)28/h5-8,12,17-18,20-21H,4,9-10H2,1-3H3/t12-,17-,18+,20-,21-/m0/s1. The lowest BCUT2D eigenvalue weighted by atomic mass is 9.81. The molecule has 2 aromatic rings. The summed E-state index contributed by atoms with van der Waals surface area (Å²) < 4.78 is 5.83. The van der Waals surface area contributed by atoms with Crippen molar-refractivity contribution < 1.29 is 14.3 Å². The van der Waals surface area contributed by atoms with Gasteiger partial charge in [-0.1, -0.05) is 38.1 Å². The van der Waals surface area contributed by atoms with E-state index in [4.69, 9.17) is 4.74 Å². The van der Waals surface area contributed by atoms with Crippen LogP contribution in [0.4, 0.5) is 5.00 Å². The number of benzene rings is 1. The van der Waals surface area contributed by atoms with E-state index < -0.39 is 0 Å². The van der Waals surface area contributed by atoms with Crippen LogP contribution in [-0.4, -0.2) is 24.0 Å². The van der Waals surface area contributed by atoms with E-state index in [0.717, 1.165) is 35.3 Å². The van der Waals surface area contributed by atoms with Gasteiger partial charge in [0.2, 0.25) is 11.8 Å². The van der Waals surface area contributed by atoms with Crippen LogP contribution in [0.3, 0.4) is 0 Å². The van der Waals surface area contributed by atoms with Gasteiger partial charge in [-0.2, -0.15) is 5.26 Å². The first-order valence-electron chi connectivity index (χ1n) is 10.6. The minimum atomic E-state index is -0.386. The Morgan fingerprint density at radius 2 is 1.77 bits per heavy atom. The number of hydrogen-bond donors (Lipinski definition) is 0. The minimum absolute atomic E-state index is 0.152. The maximum Gasteiger partial charge on any atom is 0.241 e. The lowest BCUT2D eigenvalue weighted by Crippen LogP contribution is -2.34. The first-order chi connectivity index (χ1) is 14.5. The number of aryl methyl sites for hydroxylation is 1. The Hall–Kier alpha value is -2.49. The van der Waals surface area contributed by atoms with Crippen molar-refractivity contribution in [3.63, 3.8) is 0 Å². The van der Waals surface area contributed by atoms with E-state index in [0.29, 0.717) is 16.5 Å². The molecule has 3 fully saturated rings. The van der Waals surface area contributed by atoms with Crippen LogP contribution in [0.15, 0.2) is 24.3 Å². The Morgan fingerprint density at radius 1 is 1.17 bits per heavy atom. The van der Waals surface area contributed by atoms with Gasteiger partial charge in [-0.15, -0.1) is 11.3 Å². The zero-order valence-corrected chi connectivity index (χ0v) is 18.2. The number of nitriles is 1. The number of fused-ring (bicyclic) bond motifs is 5. The molecule has 6 heteroatoms. The number of imide groups is 1. The van der Waals surface area contributed by atoms with Gasteiger partial charge in [0, 0.05) is 10.4 Å². The van der Waals surface area contributed by atoms with Crippen molar-refractivity contribution in [1.29, 1.82) is 5.26 Å². The van der Waals surface area contributed by atoms with Gasteiger partial charge in [0.1, 0.15) is 11.1 Å². The number of amides is 2. The highest BCUT2D eigenvalue weighted by atomic mass is 32.1. The third-order valence-corrected chi connectivity index (χ3v) is 8.14. The summed E-state index contributed by atoms with van der Waals surface area (Å²) in [5.41, 5.74) is 3.45. The van der Waals surface area contributed by atoms with Crippen LogP contribution >= 0.6 is 11.3 Å². The lowest BCUT2D eigenvalue weighted by molar-refractivity contribution is -0.124. The Balaban J connectivity index is 1.55. The van der Waals surface area contributed by atoms with Gasteiger partial charge in [0.05, 0.1) is 29.6 Å². The molecule has 30 heavy (non-hydrogen) atoms. The summed E-state index contributed by atoms with van der Waals surface area (Å²) in [6.07, 6.45) is 2.43. The molecule has 0 N–H and O–H groups in total. The Morgan fingerprint density at radius 3 is 2.30 bits per heavy atom. The molecule has 154 valence electrons. The van der Waals surface area contributed by atoms with E-state index in [9.17, 15) is 14.9 Å². The number of hydrogen-bond acceptors (Lipinski definition) is 5.